The number of aryl methyl sites for hydroxylation is 1. The molecule has 0 amide bonds. The van der Waals surface area contributed by atoms with Gasteiger partial charge in [0.15, 0.2) is 0 Å². The summed E-state index contributed by atoms with van der Waals surface area (Å²) in [5, 5.41) is 0.684. The van der Waals surface area contributed by atoms with E-state index >= 15 is 0 Å². The molecule has 4 heteroatoms. The van der Waals surface area contributed by atoms with Gasteiger partial charge in [-0.25, -0.2) is 4.98 Å². The number of nitrogens with two attached hydrogens (primary N) is 1. The summed E-state index contributed by atoms with van der Waals surface area (Å²) in [7, 11) is 0. The highest BCUT2D eigenvalue weighted by molar-refractivity contribution is 6.30. The van der Waals surface area contributed by atoms with Gasteiger partial charge in [-0.2, -0.15) is 0 Å². The molecular formula is C14H16ClN3. The molecule has 1 heterocycles. The van der Waals surface area contributed by atoms with Crippen LogP contribution in [0.15, 0.2) is 24.5 Å². The van der Waals surface area contributed by atoms with Crippen LogP contribution in [0.1, 0.15) is 29.8 Å². The van der Waals surface area contributed by atoms with Gasteiger partial charge in [-0.3, -0.25) is 0 Å². The second kappa shape index (κ2) is 4.65. The predicted molar refractivity (Wildman–Crippen MR) is 73.8 cm³/mol. The normalized spacial score (nSPS) is 14.5. The van der Waals surface area contributed by atoms with Crippen LogP contribution in [0.5, 0.6) is 0 Å². The van der Waals surface area contributed by atoms with Crippen molar-refractivity contribution in [3.05, 3.63) is 46.5 Å². The molecule has 0 radical (unpaired) electrons. The molecule has 1 aliphatic rings. The number of fused-ring (bicyclic) bond motifs is 1. The first-order valence-electron chi connectivity index (χ1n) is 6.31. The minimum absolute atomic E-state index is 0.684. The molecule has 0 spiro atoms. The summed E-state index contributed by atoms with van der Waals surface area (Å²) in [5.41, 5.74) is 10.5. The van der Waals surface area contributed by atoms with Gasteiger partial charge in [0.25, 0.3) is 0 Å². The van der Waals surface area contributed by atoms with Crippen LogP contribution in [0.2, 0.25) is 5.02 Å². The largest absolute Gasteiger partial charge is 0.398 e. The standard InChI is InChI=1S/C14H16ClN3/c15-11-6-5-10(12(16)7-11)8-18-9-17-13-3-1-2-4-14(13)18/h5-7,9H,1-4,8,16H2. The average molecular weight is 262 g/mol. The van der Waals surface area contributed by atoms with Crippen molar-refractivity contribution in [2.45, 2.75) is 32.2 Å². The van der Waals surface area contributed by atoms with E-state index in [2.05, 4.69) is 9.55 Å². The van der Waals surface area contributed by atoms with Crippen LogP contribution >= 0.6 is 11.6 Å². The van der Waals surface area contributed by atoms with Crippen molar-refractivity contribution in [3.8, 4) is 0 Å². The highest BCUT2D eigenvalue weighted by Gasteiger charge is 2.15. The molecule has 2 N–H and O–H groups in total. The summed E-state index contributed by atoms with van der Waals surface area (Å²) < 4.78 is 2.22. The summed E-state index contributed by atoms with van der Waals surface area (Å²) in [6.45, 7) is 0.783. The van der Waals surface area contributed by atoms with Gasteiger partial charge in [-0.15, -0.1) is 0 Å². The number of nitrogen functional groups attached to an aromatic ring is 1. The van der Waals surface area contributed by atoms with Crippen LogP contribution in [-0.4, -0.2) is 9.55 Å². The summed E-state index contributed by atoms with van der Waals surface area (Å²) in [5.74, 6) is 0. The first-order valence-corrected chi connectivity index (χ1v) is 6.68. The zero-order chi connectivity index (χ0) is 12.5. The van der Waals surface area contributed by atoms with Crippen LogP contribution in [0.3, 0.4) is 0 Å². The van der Waals surface area contributed by atoms with Crippen LogP contribution < -0.4 is 5.73 Å². The number of imidazole rings is 1. The Morgan fingerprint density at radius 2 is 2.11 bits per heavy atom. The maximum absolute atomic E-state index is 6.00. The molecule has 0 atom stereocenters. The summed E-state index contributed by atoms with van der Waals surface area (Å²) in [6.07, 6.45) is 6.69. The number of hydrogen-bond acceptors (Lipinski definition) is 2. The number of benzene rings is 1. The first-order chi connectivity index (χ1) is 8.74. The third kappa shape index (κ3) is 2.10. The average Bonchev–Trinajstić information content (AvgIpc) is 2.76. The molecular weight excluding hydrogens is 246 g/mol. The molecule has 0 saturated carbocycles. The lowest BCUT2D eigenvalue weighted by molar-refractivity contribution is 0.629. The number of aromatic nitrogens is 2. The summed E-state index contributed by atoms with van der Waals surface area (Å²) in [6, 6.07) is 5.68. The highest BCUT2D eigenvalue weighted by atomic mass is 35.5. The third-order valence-electron chi connectivity index (χ3n) is 3.56. The van der Waals surface area contributed by atoms with Crippen molar-refractivity contribution in [2.75, 3.05) is 5.73 Å². The maximum atomic E-state index is 6.00. The Labute approximate surface area is 112 Å². The fourth-order valence-electron chi connectivity index (χ4n) is 2.56. The molecule has 2 aromatic rings. The molecule has 0 bridgehead atoms. The van der Waals surface area contributed by atoms with E-state index < -0.39 is 0 Å². The number of rotatable bonds is 2. The Balaban J connectivity index is 1.90. The molecule has 94 valence electrons. The molecule has 3 rings (SSSR count). The highest BCUT2D eigenvalue weighted by Crippen LogP contribution is 2.23. The van der Waals surface area contributed by atoms with Crippen molar-refractivity contribution in [3.63, 3.8) is 0 Å². The SMILES string of the molecule is Nc1cc(Cl)ccc1Cn1cnc2c1CCCC2. The van der Waals surface area contributed by atoms with Gasteiger partial charge in [0.05, 0.1) is 18.6 Å². The van der Waals surface area contributed by atoms with E-state index in [0.29, 0.717) is 5.02 Å². The molecule has 1 aromatic heterocycles. The van der Waals surface area contributed by atoms with Crippen molar-refractivity contribution in [1.29, 1.82) is 0 Å². The van der Waals surface area contributed by atoms with Gasteiger partial charge in [0.2, 0.25) is 0 Å². The Morgan fingerprint density at radius 1 is 1.28 bits per heavy atom. The van der Waals surface area contributed by atoms with E-state index in [9.17, 15) is 0 Å². The molecule has 1 aliphatic carbocycles. The van der Waals surface area contributed by atoms with Crippen LogP contribution in [0.25, 0.3) is 0 Å². The van der Waals surface area contributed by atoms with E-state index in [-0.39, 0.29) is 0 Å². The van der Waals surface area contributed by atoms with Crippen LogP contribution in [0, 0.1) is 0 Å². The molecule has 0 saturated heterocycles. The Hall–Kier alpha value is -1.48. The number of hydrogen-bond donors (Lipinski definition) is 1. The van der Waals surface area contributed by atoms with E-state index in [1.165, 1.54) is 24.2 Å². The van der Waals surface area contributed by atoms with Crippen LogP contribution in [0.4, 0.5) is 5.69 Å². The van der Waals surface area contributed by atoms with Gasteiger partial charge in [0, 0.05) is 16.4 Å². The van der Waals surface area contributed by atoms with Crippen molar-refractivity contribution < 1.29 is 0 Å². The van der Waals surface area contributed by atoms with Crippen LogP contribution in [-0.2, 0) is 19.4 Å². The lowest BCUT2D eigenvalue weighted by atomic mass is 10.0. The Morgan fingerprint density at radius 3 is 2.94 bits per heavy atom. The molecule has 0 fully saturated rings. The number of anilines is 1. The number of nitrogens with zero attached hydrogens (tertiary/aromatic N) is 2. The fraction of sp³-hybridized carbons (Fsp3) is 0.357. The molecule has 1 aromatic carbocycles. The first kappa shape index (κ1) is 11.6. The van der Waals surface area contributed by atoms with E-state index in [4.69, 9.17) is 17.3 Å². The monoisotopic (exact) mass is 261 g/mol. The van der Waals surface area contributed by atoms with Crippen molar-refractivity contribution in [1.82, 2.24) is 9.55 Å². The molecule has 0 unspecified atom stereocenters. The van der Waals surface area contributed by atoms with Crippen molar-refractivity contribution in [2.24, 2.45) is 0 Å². The second-order valence-electron chi connectivity index (χ2n) is 4.82. The summed E-state index contributed by atoms with van der Waals surface area (Å²) in [4.78, 5) is 4.50. The third-order valence-corrected chi connectivity index (χ3v) is 3.79. The molecule has 3 nitrogen and oxygen atoms in total. The van der Waals surface area contributed by atoms with E-state index in [1.807, 2.05) is 18.5 Å². The smallest absolute Gasteiger partial charge is 0.0954 e. The van der Waals surface area contributed by atoms with E-state index in [1.54, 1.807) is 6.07 Å². The predicted octanol–water partition coefficient (Wildman–Crippen LogP) is 3.05. The van der Waals surface area contributed by atoms with Gasteiger partial charge in [0.1, 0.15) is 0 Å². The zero-order valence-corrected chi connectivity index (χ0v) is 11.0. The quantitative estimate of drug-likeness (QED) is 0.845. The lowest BCUT2D eigenvalue weighted by Gasteiger charge is -2.15. The van der Waals surface area contributed by atoms with Gasteiger partial charge in [-0.1, -0.05) is 17.7 Å². The molecule has 18 heavy (non-hydrogen) atoms. The Kier molecular flexibility index (Phi) is 3.00. The maximum Gasteiger partial charge on any atom is 0.0954 e. The lowest BCUT2D eigenvalue weighted by Crippen LogP contribution is -2.10. The number of halogens is 1. The fourth-order valence-corrected chi connectivity index (χ4v) is 2.74. The minimum atomic E-state index is 0.684. The topological polar surface area (TPSA) is 43.8 Å². The van der Waals surface area contributed by atoms with Gasteiger partial charge in [-0.05, 0) is 43.4 Å². The van der Waals surface area contributed by atoms with Crippen molar-refractivity contribution >= 4 is 17.3 Å². The van der Waals surface area contributed by atoms with Gasteiger partial charge >= 0.3 is 0 Å². The van der Waals surface area contributed by atoms with E-state index in [0.717, 1.165) is 30.6 Å². The molecule has 0 aliphatic heterocycles. The second-order valence-corrected chi connectivity index (χ2v) is 5.25. The zero-order valence-electron chi connectivity index (χ0n) is 10.2. The summed E-state index contributed by atoms with van der Waals surface area (Å²) >= 11 is 5.92. The Bertz CT molecular complexity index is 574. The minimum Gasteiger partial charge on any atom is -0.398 e. The van der Waals surface area contributed by atoms with Gasteiger partial charge < -0.3 is 10.3 Å².